The molecule has 0 unspecified atom stereocenters. The third-order valence-corrected chi connectivity index (χ3v) is 4.89. The van der Waals surface area contributed by atoms with Crippen molar-refractivity contribution in [3.05, 3.63) is 63.2 Å². The van der Waals surface area contributed by atoms with Crippen molar-refractivity contribution in [2.45, 2.75) is 6.42 Å². The summed E-state index contributed by atoms with van der Waals surface area (Å²) in [5, 5.41) is 11.4. The summed E-state index contributed by atoms with van der Waals surface area (Å²) in [6.45, 7) is -0.438. The normalized spacial score (nSPS) is 15.7. The Bertz CT molecular complexity index is 1010. The first-order valence-electron chi connectivity index (χ1n) is 8.88. The Morgan fingerprint density at radius 2 is 1.93 bits per heavy atom. The highest BCUT2D eigenvalue weighted by atomic mass is 35.5. The SMILES string of the molecule is COc1cc([N+](=O)[O-])ccc1N1C[C@@H](C(=O)OCC(=O)c2ccc(Cl)cc2)CC1=O. The molecule has 1 atom stereocenters. The van der Waals surface area contributed by atoms with Gasteiger partial charge in [0.05, 0.1) is 29.7 Å². The molecule has 1 aliphatic rings. The lowest BCUT2D eigenvalue weighted by Crippen LogP contribution is -2.27. The van der Waals surface area contributed by atoms with E-state index in [1.165, 1.54) is 42.3 Å². The van der Waals surface area contributed by atoms with Gasteiger partial charge in [-0.25, -0.2) is 0 Å². The van der Waals surface area contributed by atoms with Crippen molar-refractivity contribution in [1.82, 2.24) is 0 Å². The molecule has 1 heterocycles. The van der Waals surface area contributed by atoms with E-state index in [1.54, 1.807) is 12.1 Å². The summed E-state index contributed by atoms with van der Waals surface area (Å²) in [7, 11) is 1.33. The minimum atomic E-state index is -0.768. The largest absolute Gasteiger partial charge is 0.494 e. The summed E-state index contributed by atoms with van der Waals surface area (Å²) in [5.74, 6) is -2.04. The number of rotatable bonds is 7. The summed E-state index contributed by atoms with van der Waals surface area (Å²) in [5.41, 5.74) is 0.492. The predicted octanol–water partition coefficient (Wildman–Crippen LogP) is 3.04. The van der Waals surface area contributed by atoms with Gasteiger partial charge in [-0.3, -0.25) is 24.5 Å². The lowest BCUT2D eigenvalue weighted by molar-refractivity contribution is -0.384. The van der Waals surface area contributed by atoms with Gasteiger partial charge in [-0.15, -0.1) is 0 Å². The number of hydrogen-bond acceptors (Lipinski definition) is 7. The standard InChI is InChI=1S/C20H17ClN2O7/c1-29-18-9-15(23(27)28)6-7-16(18)22-10-13(8-19(22)25)20(26)30-11-17(24)12-2-4-14(21)5-3-12/h2-7,9,13H,8,10-11H2,1H3/t13-/m0/s1. The van der Waals surface area contributed by atoms with Crippen LogP contribution in [0.3, 0.4) is 0 Å². The molecule has 0 bridgehead atoms. The third-order valence-electron chi connectivity index (χ3n) is 4.64. The number of anilines is 1. The molecule has 2 aromatic rings. The number of methoxy groups -OCH3 is 1. The molecule has 9 nitrogen and oxygen atoms in total. The number of hydrogen-bond donors (Lipinski definition) is 0. The first kappa shape index (κ1) is 21.3. The highest BCUT2D eigenvalue weighted by molar-refractivity contribution is 6.30. The highest BCUT2D eigenvalue weighted by Gasteiger charge is 2.37. The summed E-state index contributed by atoms with van der Waals surface area (Å²) in [6, 6.07) is 10.0. The zero-order valence-corrected chi connectivity index (χ0v) is 16.6. The van der Waals surface area contributed by atoms with Crippen LogP contribution < -0.4 is 9.64 Å². The second kappa shape index (κ2) is 8.91. The molecular weight excluding hydrogens is 416 g/mol. The highest BCUT2D eigenvalue weighted by Crippen LogP contribution is 2.36. The van der Waals surface area contributed by atoms with Crippen LogP contribution in [0, 0.1) is 16.0 Å². The van der Waals surface area contributed by atoms with Gasteiger partial charge in [-0.05, 0) is 30.3 Å². The van der Waals surface area contributed by atoms with Crippen LogP contribution in [0.1, 0.15) is 16.8 Å². The van der Waals surface area contributed by atoms with Crippen LogP contribution in [0.2, 0.25) is 5.02 Å². The van der Waals surface area contributed by atoms with Gasteiger partial charge in [0.1, 0.15) is 5.75 Å². The minimum absolute atomic E-state index is 0.0149. The van der Waals surface area contributed by atoms with Crippen LogP contribution >= 0.6 is 11.6 Å². The number of halogens is 1. The van der Waals surface area contributed by atoms with Gasteiger partial charge in [-0.2, -0.15) is 0 Å². The van der Waals surface area contributed by atoms with E-state index in [0.29, 0.717) is 16.3 Å². The van der Waals surface area contributed by atoms with Crippen molar-refractivity contribution in [3.8, 4) is 5.75 Å². The molecule has 1 amide bonds. The number of amides is 1. The number of nitro benzene ring substituents is 1. The van der Waals surface area contributed by atoms with Crippen LogP contribution in [0.5, 0.6) is 5.75 Å². The number of Topliss-reactive ketones (excluding diaryl/α,β-unsaturated/α-hetero) is 1. The maximum atomic E-state index is 12.4. The first-order chi connectivity index (χ1) is 14.3. The van der Waals surface area contributed by atoms with Crippen molar-refractivity contribution in [3.63, 3.8) is 0 Å². The average Bonchev–Trinajstić information content (AvgIpc) is 3.13. The molecule has 0 N–H and O–H groups in total. The number of ketones is 1. The second-order valence-corrected chi connectivity index (χ2v) is 6.99. The fourth-order valence-corrected chi connectivity index (χ4v) is 3.20. The fourth-order valence-electron chi connectivity index (χ4n) is 3.07. The Hall–Kier alpha value is -3.46. The molecule has 1 fully saturated rings. The topological polar surface area (TPSA) is 116 Å². The Kier molecular flexibility index (Phi) is 6.31. The van der Waals surface area contributed by atoms with Crippen LogP contribution in [0.25, 0.3) is 0 Å². The van der Waals surface area contributed by atoms with E-state index in [4.69, 9.17) is 21.1 Å². The lowest BCUT2D eigenvalue weighted by atomic mass is 10.1. The van der Waals surface area contributed by atoms with Gasteiger partial charge >= 0.3 is 5.97 Å². The van der Waals surface area contributed by atoms with E-state index in [2.05, 4.69) is 0 Å². The van der Waals surface area contributed by atoms with Crippen molar-refractivity contribution >= 4 is 40.6 Å². The minimum Gasteiger partial charge on any atom is -0.494 e. The number of nitro groups is 1. The Morgan fingerprint density at radius 3 is 2.57 bits per heavy atom. The third kappa shape index (κ3) is 4.57. The van der Waals surface area contributed by atoms with Crippen LogP contribution in [-0.2, 0) is 14.3 Å². The van der Waals surface area contributed by atoms with E-state index < -0.39 is 29.2 Å². The molecule has 3 rings (SSSR count). The molecule has 2 aromatic carbocycles. The summed E-state index contributed by atoms with van der Waals surface area (Å²) in [4.78, 5) is 48.6. The van der Waals surface area contributed by atoms with Gasteiger partial charge < -0.3 is 14.4 Å². The van der Waals surface area contributed by atoms with E-state index in [9.17, 15) is 24.5 Å². The predicted molar refractivity (Wildman–Crippen MR) is 107 cm³/mol. The zero-order chi connectivity index (χ0) is 21.8. The molecule has 0 aliphatic carbocycles. The molecule has 0 saturated carbocycles. The number of carbonyl (C=O) groups is 3. The molecule has 30 heavy (non-hydrogen) atoms. The van der Waals surface area contributed by atoms with E-state index in [1.807, 2.05) is 0 Å². The Labute approximate surface area is 176 Å². The maximum Gasteiger partial charge on any atom is 0.311 e. The van der Waals surface area contributed by atoms with Gasteiger partial charge in [0.25, 0.3) is 5.69 Å². The number of non-ortho nitro benzene ring substituents is 1. The smallest absolute Gasteiger partial charge is 0.311 e. The van der Waals surface area contributed by atoms with E-state index in [-0.39, 0.29) is 30.3 Å². The molecule has 10 heteroatoms. The number of ether oxygens (including phenoxy) is 2. The molecule has 0 radical (unpaired) electrons. The van der Waals surface area contributed by atoms with Gasteiger partial charge in [0, 0.05) is 29.6 Å². The Morgan fingerprint density at radius 1 is 1.23 bits per heavy atom. The molecule has 1 aliphatic heterocycles. The second-order valence-electron chi connectivity index (χ2n) is 6.56. The quantitative estimate of drug-likeness (QED) is 0.285. The van der Waals surface area contributed by atoms with E-state index >= 15 is 0 Å². The van der Waals surface area contributed by atoms with Crippen LogP contribution in [-0.4, -0.2) is 42.8 Å². The number of nitrogens with zero attached hydrogens (tertiary/aromatic N) is 2. The molecule has 0 aromatic heterocycles. The van der Waals surface area contributed by atoms with Crippen molar-refractivity contribution in [2.24, 2.45) is 5.92 Å². The number of benzene rings is 2. The van der Waals surface area contributed by atoms with Crippen LogP contribution in [0.4, 0.5) is 11.4 Å². The average molecular weight is 433 g/mol. The molecular formula is C20H17ClN2O7. The summed E-state index contributed by atoms with van der Waals surface area (Å²) < 4.78 is 10.3. The zero-order valence-electron chi connectivity index (χ0n) is 15.9. The van der Waals surface area contributed by atoms with E-state index in [0.717, 1.165) is 0 Å². The fraction of sp³-hybridized carbons (Fsp3) is 0.250. The summed E-state index contributed by atoms with van der Waals surface area (Å²) in [6.07, 6.45) is -0.103. The van der Waals surface area contributed by atoms with Gasteiger partial charge in [-0.1, -0.05) is 11.6 Å². The van der Waals surface area contributed by atoms with Crippen molar-refractivity contribution in [1.29, 1.82) is 0 Å². The number of esters is 1. The lowest BCUT2D eigenvalue weighted by Gasteiger charge is -2.19. The van der Waals surface area contributed by atoms with Crippen molar-refractivity contribution in [2.75, 3.05) is 25.2 Å². The summed E-state index contributed by atoms with van der Waals surface area (Å²) >= 11 is 5.78. The van der Waals surface area contributed by atoms with Gasteiger partial charge in [0.15, 0.2) is 12.4 Å². The monoisotopic (exact) mass is 432 g/mol. The van der Waals surface area contributed by atoms with Crippen molar-refractivity contribution < 1.29 is 28.8 Å². The van der Waals surface area contributed by atoms with Gasteiger partial charge in [0.2, 0.25) is 5.91 Å². The molecule has 1 saturated heterocycles. The molecule has 0 spiro atoms. The maximum absolute atomic E-state index is 12.4. The van der Waals surface area contributed by atoms with Crippen LogP contribution in [0.15, 0.2) is 42.5 Å². The Balaban J connectivity index is 1.65. The molecule has 156 valence electrons. The number of carbonyl (C=O) groups excluding carboxylic acids is 3. The first-order valence-corrected chi connectivity index (χ1v) is 9.26.